The summed E-state index contributed by atoms with van der Waals surface area (Å²) in [5, 5.41) is 0.988. The molecule has 1 aromatic carbocycles. The molecule has 84 valence electrons. The number of anilines is 1. The molecule has 3 nitrogen and oxygen atoms in total. The molecule has 2 N–H and O–H groups in total. The number of pyridine rings is 1. The van der Waals surface area contributed by atoms with Gasteiger partial charge in [0.25, 0.3) is 0 Å². The van der Waals surface area contributed by atoms with Crippen LogP contribution in [0.2, 0.25) is 0 Å². The van der Waals surface area contributed by atoms with Crippen LogP contribution in [0.15, 0.2) is 36.5 Å². The third kappa shape index (κ3) is 1.76. The van der Waals surface area contributed by atoms with Crippen LogP contribution in [0.25, 0.3) is 20.9 Å². The maximum absolute atomic E-state index is 5.81. The number of thiazole rings is 1. The van der Waals surface area contributed by atoms with E-state index in [1.165, 1.54) is 0 Å². The molecule has 0 aliphatic heterocycles. The van der Waals surface area contributed by atoms with Crippen LogP contribution in [-0.2, 0) is 0 Å². The van der Waals surface area contributed by atoms with E-state index in [4.69, 9.17) is 5.73 Å². The van der Waals surface area contributed by atoms with Crippen molar-refractivity contribution in [1.29, 1.82) is 0 Å². The van der Waals surface area contributed by atoms with Gasteiger partial charge in [-0.05, 0) is 42.8 Å². The Morgan fingerprint density at radius 1 is 1.24 bits per heavy atom. The summed E-state index contributed by atoms with van der Waals surface area (Å²) in [6.07, 6.45) is 1.79. The second-order valence-electron chi connectivity index (χ2n) is 3.92. The van der Waals surface area contributed by atoms with Crippen LogP contribution in [0.1, 0.15) is 5.56 Å². The Morgan fingerprint density at radius 3 is 2.88 bits per heavy atom. The number of hydrogen-bond donors (Lipinski definition) is 1. The van der Waals surface area contributed by atoms with Gasteiger partial charge >= 0.3 is 0 Å². The lowest BCUT2D eigenvalue weighted by molar-refractivity contribution is 1.40. The van der Waals surface area contributed by atoms with E-state index in [1.807, 2.05) is 31.2 Å². The van der Waals surface area contributed by atoms with Crippen molar-refractivity contribution in [2.75, 3.05) is 5.73 Å². The predicted molar refractivity (Wildman–Crippen MR) is 72.0 cm³/mol. The molecule has 0 saturated carbocycles. The normalized spacial score (nSPS) is 10.9. The maximum Gasteiger partial charge on any atom is 0.143 e. The highest BCUT2D eigenvalue weighted by Gasteiger charge is 2.07. The first-order chi connectivity index (χ1) is 8.24. The van der Waals surface area contributed by atoms with E-state index in [2.05, 4.69) is 16.0 Å². The molecule has 0 bridgehead atoms. The van der Waals surface area contributed by atoms with Gasteiger partial charge in [0.15, 0.2) is 0 Å². The smallest absolute Gasteiger partial charge is 0.143 e. The highest BCUT2D eigenvalue weighted by molar-refractivity contribution is 7.21. The Labute approximate surface area is 103 Å². The molecule has 3 aromatic rings. The van der Waals surface area contributed by atoms with Gasteiger partial charge in [-0.2, -0.15) is 0 Å². The van der Waals surface area contributed by atoms with E-state index < -0.39 is 0 Å². The van der Waals surface area contributed by atoms with Crippen molar-refractivity contribution in [2.24, 2.45) is 0 Å². The molecule has 0 atom stereocenters. The maximum atomic E-state index is 5.81. The number of nitrogens with zero attached hydrogens (tertiary/aromatic N) is 2. The summed E-state index contributed by atoms with van der Waals surface area (Å²) in [5.74, 6) is 0. The predicted octanol–water partition coefficient (Wildman–Crippen LogP) is 3.25. The number of fused-ring (bicyclic) bond motifs is 1. The highest BCUT2D eigenvalue weighted by atomic mass is 32.1. The molecule has 3 rings (SSSR count). The van der Waals surface area contributed by atoms with Crippen LogP contribution in [-0.4, -0.2) is 9.97 Å². The topological polar surface area (TPSA) is 51.8 Å². The van der Waals surface area contributed by atoms with Crippen molar-refractivity contribution in [3.63, 3.8) is 0 Å². The van der Waals surface area contributed by atoms with Crippen LogP contribution in [0.3, 0.4) is 0 Å². The van der Waals surface area contributed by atoms with Crippen molar-refractivity contribution in [3.05, 3.63) is 42.1 Å². The first kappa shape index (κ1) is 10.2. The summed E-state index contributed by atoms with van der Waals surface area (Å²) in [6.45, 7) is 2.00. The van der Waals surface area contributed by atoms with Crippen molar-refractivity contribution in [1.82, 2.24) is 9.97 Å². The van der Waals surface area contributed by atoms with E-state index in [0.717, 1.165) is 32.2 Å². The van der Waals surface area contributed by atoms with E-state index in [-0.39, 0.29) is 0 Å². The Kier molecular flexibility index (Phi) is 2.30. The summed E-state index contributed by atoms with van der Waals surface area (Å²) >= 11 is 1.60. The summed E-state index contributed by atoms with van der Waals surface area (Å²) < 4.78 is 0. The Bertz CT molecular complexity index is 655. The molecular weight excluding hydrogens is 230 g/mol. The minimum absolute atomic E-state index is 0.813. The minimum Gasteiger partial charge on any atom is -0.399 e. The fraction of sp³-hybridized carbons (Fsp3) is 0.0769. The minimum atomic E-state index is 0.813. The van der Waals surface area contributed by atoms with Crippen LogP contribution in [0, 0.1) is 6.92 Å². The molecule has 0 radical (unpaired) electrons. The number of rotatable bonds is 1. The van der Waals surface area contributed by atoms with Gasteiger partial charge in [-0.25, -0.2) is 9.97 Å². The average molecular weight is 241 g/mol. The quantitative estimate of drug-likeness (QED) is 0.665. The second kappa shape index (κ2) is 3.82. The molecule has 0 spiro atoms. The zero-order valence-electron chi connectivity index (χ0n) is 9.34. The third-order valence-electron chi connectivity index (χ3n) is 2.68. The Morgan fingerprint density at radius 2 is 2.12 bits per heavy atom. The Hall–Kier alpha value is -1.94. The molecule has 2 aromatic heterocycles. The van der Waals surface area contributed by atoms with Crippen molar-refractivity contribution in [3.8, 4) is 10.6 Å². The van der Waals surface area contributed by atoms with Gasteiger partial charge in [0.1, 0.15) is 15.4 Å². The standard InChI is InChI=1S/C13H11N3S/c1-8-7-9(4-5-10(8)14)12-16-11-3-2-6-15-13(11)17-12/h2-7H,14H2,1H3. The summed E-state index contributed by atoms with van der Waals surface area (Å²) in [5.41, 5.74) is 9.75. The molecule has 0 amide bonds. The first-order valence-electron chi connectivity index (χ1n) is 5.32. The van der Waals surface area contributed by atoms with Crippen LogP contribution in [0.4, 0.5) is 5.69 Å². The van der Waals surface area contributed by atoms with E-state index in [1.54, 1.807) is 17.5 Å². The lowest BCUT2D eigenvalue weighted by atomic mass is 10.1. The largest absolute Gasteiger partial charge is 0.399 e. The molecule has 0 unspecified atom stereocenters. The number of hydrogen-bond acceptors (Lipinski definition) is 4. The fourth-order valence-electron chi connectivity index (χ4n) is 1.70. The molecule has 0 aliphatic rings. The molecule has 0 fully saturated rings. The van der Waals surface area contributed by atoms with E-state index in [9.17, 15) is 0 Å². The average Bonchev–Trinajstić information content (AvgIpc) is 2.76. The molecule has 4 heteroatoms. The zero-order chi connectivity index (χ0) is 11.8. The number of nitrogens with two attached hydrogens (primary N) is 1. The Balaban J connectivity index is 2.17. The van der Waals surface area contributed by atoms with Gasteiger partial charge in [0, 0.05) is 17.4 Å². The van der Waals surface area contributed by atoms with Crippen molar-refractivity contribution < 1.29 is 0 Å². The van der Waals surface area contributed by atoms with Gasteiger partial charge in [0.05, 0.1) is 0 Å². The van der Waals surface area contributed by atoms with Crippen LogP contribution < -0.4 is 5.73 Å². The van der Waals surface area contributed by atoms with Gasteiger partial charge in [0.2, 0.25) is 0 Å². The number of nitrogen functional groups attached to an aromatic ring is 1. The molecule has 0 saturated heterocycles. The second-order valence-corrected chi connectivity index (χ2v) is 4.90. The highest BCUT2D eigenvalue weighted by Crippen LogP contribution is 2.30. The van der Waals surface area contributed by atoms with Gasteiger partial charge in [-0.1, -0.05) is 11.3 Å². The summed E-state index contributed by atoms with van der Waals surface area (Å²) in [6, 6.07) is 9.86. The number of aryl methyl sites for hydroxylation is 1. The van der Waals surface area contributed by atoms with E-state index in [0.29, 0.717) is 0 Å². The van der Waals surface area contributed by atoms with Crippen molar-refractivity contribution in [2.45, 2.75) is 6.92 Å². The summed E-state index contributed by atoms with van der Waals surface area (Å²) in [4.78, 5) is 9.84. The molecule has 2 heterocycles. The van der Waals surface area contributed by atoms with Gasteiger partial charge < -0.3 is 5.73 Å². The third-order valence-corrected chi connectivity index (χ3v) is 3.71. The number of aromatic nitrogens is 2. The van der Waals surface area contributed by atoms with E-state index >= 15 is 0 Å². The monoisotopic (exact) mass is 241 g/mol. The van der Waals surface area contributed by atoms with Crippen molar-refractivity contribution >= 4 is 27.4 Å². The lowest BCUT2D eigenvalue weighted by Crippen LogP contribution is -1.89. The van der Waals surface area contributed by atoms with Gasteiger partial charge in [-0.3, -0.25) is 0 Å². The molecule has 17 heavy (non-hydrogen) atoms. The number of benzene rings is 1. The lowest BCUT2D eigenvalue weighted by Gasteiger charge is -2.01. The summed E-state index contributed by atoms with van der Waals surface area (Å²) in [7, 11) is 0. The zero-order valence-corrected chi connectivity index (χ0v) is 10.2. The first-order valence-corrected chi connectivity index (χ1v) is 6.14. The fourth-order valence-corrected chi connectivity index (χ4v) is 2.61. The molecule has 0 aliphatic carbocycles. The van der Waals surface area contributed by atoms with Gasteiger partial charge in [-0.15, -0.1) is 0 Å². The van der Waals surface area contributed by atoms with Crippen LogP contribution in [0.5, 0.6) is 0 Å². The van der Waals surface area contributed by atoms with Crippen LogP contribution >= 0.6 is 11.3 Å². The SMILES string of the molecule is Cc1cc(-c2nc3cccnc3s2)ccc1N. The molecular formula is C13H11N3S.